The Morgan fingerprint density at radius 2 is 1.77 bits per heavy atom. The Kier molecular flexibility index (Phi) is 6.78. The molecule has 0 unspecified atom stereocenters. The fourth-order valence-corrected chi connectivity index (χ4v) is 2.63. The summed E-state index contributed by atoms with van der Waals surface area (Å²) in [5, 5.41) is 5.49. The quantitative estimate of drug-likeness (QED) is 0.527. The Balaban J connectivity index is 1.79. The lowest BCUT2D eigenvalue weighted by Gasteiger charge is -2.11. The van der Waals surface area contributed by atoms with Gasteiger partial charge in [0.1, 0.15) is 17.3 Å². The highest BCUT2D eigenvalue weighted by Gasteiger charge is 2.14. The van der Waals surface area contributed by atoms with Gasteiger partial charge >= 0.3 is 0 Å². The number of hydrogen-bond acceptors (Lipinski definition) is 5. The summed E-state index contributed by atoms with van der Waals surface area (Å²) < 4.78 is 5.16. The number of amides is 2. The third kappa shape index (κ3) is 5.68. The number of methoxy groups -OCH3 is 1. The van der Waals surface area contributed by atoms with Gasteiger partial charge in [-0.25, -0.2) is 4.98 Å². The van der Waals surface area contributed by atoms with Gasteiger partial charge in [-0.15, -0.1) is 0 Å². The predicted molar refractivity (Wildman–Crippen MR) is 115 cm³/mol. The first-order valence-corrected chi connectivity index (χ1v) is 9.26. The molecular weight excluding hydrogens is 380 g/mol. The van der Waals surface area contributed by atoms with E-state index in [1.54, 1.807) is 80.0 Å². The number of nitrogen functional groups attached to an aromatic ring is 1. The molecule has 152 valence electrons. The van der Waals surface area contributed by atoms with E-state index in [0.717, 1.165) is 11.1 Å². The lowest BCUT2D eigenvalue weighted by atomic mass is 10.1. The molecule has 0 radical (unpaired) electrons. The van der Waals surface area contributed by atoms with Gasteiger partial charge in [0.05, 0.1) is 7.11 Å². The molecule has 1 aromatic heterocycles. The van der Waals surface area contributed by atoms with Crippen LogP contribution < -0.4 is 21.1 Å². The Morgan fingerprint density at radius 3 is 2.40 bits per heavy atom. The Hall–Kier alpha value is -4.13. The van der Waals surface area contributed by atoms with E-state index in [1.807, 2.05) is 6.07 Å². The van der Waals surface area contributed by atoms with Gasteiger partial charge < -0.3 is 21.1 Å². The van der Waals surface area contributed by atoms with Gasteiger partial charge in [0.15, 0.2) is 0 Å². The van der Waals surface area contributed by atoms with Crippen molar-refractivity contribution in [2.45, 2.75) is 6.54 Å². The Morgan fingerprint density at radius 1 is 1.03 bits per heavy atom. The van der Waals surface area contributed by atoms with Crippen molar-refractivity contribution in [2.24, 2.45) is 0 Å². The number of nitrogens with one attached hydrogen (secondary N) is 2. The summed E-state index contributed by atoms with van der Waals surface area (Å²) in [6.07, 6.45) is 3.20. The topological polar surface area (TPSA) is 106 Å². The molecule has 0 aliphatic rings. The van der Waals surface area contributed by atoms with Gasteiger partial charge in [-0.1, -0.05) is 36.4 Å². The molecule has 0 atom stereocenters. The molecule has 2 amide bonds. The van der Waals surface area contributed by atoms with Crippen molar-refractivity contribution in [1.29, 1.82) is 0 Å². The molecule has 0 spiro atoms. The molecule has 0 aliphatic carbocycles. The molecule has 30 heavy (non-hydrogen) atoms. The van der Waals surface area contributed by atoms with E-state index in [4.69, 9.17) is 10.5 Å². The van der Waals surface area contributed by atoms with E-state index < -0.39 is 5.91 Å². The first-order chi connectivity index (χ1) is 14.5. The van der Waals surface area contributed by atoms with Crippen LogP contribution in [0.25, 0.3) is 6.08 Å². The Labute approximate surface area is 174 Å². The minimum Gasteiger partial charge on any atom is -0.497 e. The molecule has 3 rings (SSSR count). The average molecular weight is 402 g/mol. The monoisotopic (exact) mass is 402 g/mol. The van der Waals surface area contributed by atoms with E-state index in [-0.39, 0.29) is 18.1 Å². The highest BCUT2D eigenvalue weighted by Crippen LogP contribution is 2.14. The maximum Gasteiger partial charge on any atom is 0.268 e. The van der Waals surface area contributed by atoms with Crippen LogP contribution in [0.2, 0.25) is 0 Å². The molecule has 0 bridgehead atoms. The van der Waals surface area contributed by atoms with Crippen LogP contribution in [0.1, 0.15) is 21.5 Å². The third-order valence-electron chi connectivity index (χ3n) is 4.26. The number of nitrogens with two attached hydrogens (primary N) is 1. The van der Waals surface area contributed by atoms with Crippen LogP contribution in [0, 0.1) is 0 Å². The summed E-state index contributed by atoms with van der Waals surface area (Å²) in [6, 6.07) is 19.3. The number of aromatic nitrogens is 1. The molecule has 1 heterocycles. The highest BCUT2D eigenvalue weighted by atomic mass is 16.5. The molecular formula is C23H22N4O3. The second-order valence-electron chi connectivity index (χ2n) is 6.43. The maximum atomic E-state index is 12.8. The number of rotatable bonds is 7. The summed E-state index contributed by atoms with van der Waals surface area (Å²) >= 11 is 0. The van der Waals surface area contributed by atoms with Crippen molar-refractivity contribution in [3.63, 3.8) is 0 Å². The largest absolute Gasteiger partial charge is 0.497 e. The molecule has 0 aliphatic heterocycles. The van der Waals surface area contributed by atoms with Gasteiger partial charge in [-0.3, -0.25) is 9.59 Å². The summed E-state index contributed by atoms with van der Waals surface area (Å²) in [5.74, 6) is 0.300. The third-order valence-corrected chi connectivity index (χ3v) is 4.26. The zero-order valence-corrected chi connectivity index (χ0v) is 16.5. The van der Waals surface area contributed by atoms with Crippen LogP contribution in [0.5, 0.6) is 5.75 Å². The zero-order chi connectivity index (χ0) is 21.3. The second-order valence-corrected chi connectivity index (χ2v) is 6.43. The van der Waals surface area contributed by atoms with E-state index >= 15 is 0 Å². The lowest BCUT2D eigenvalue weighted by Crippen LogP contribution is -2.34. The van der Waals surface area contributed by atoms with Gasteiger partial charge in [0.2, 0.25) is 0 Å². The maximum absolute atomic E-state index is 12.8. The normalized spacial score (nSPS) is 10.9. The number of benzene rings is 2. The van der Waals surface area contributed by atoms with Crippen LogP contribution in [0.4, 0.5) is 5.82 Å². The van der Waals surface area contributed by atoms with Crippen LogP contribution >= 0.6 is 0 Å². The number of pyridine rings is 1. The van der Waals surface area contributed by atoms with Crippen molar-refractivity contribution < 1.29 is 14.3 Å². The Bertz CT molecular complexity index is 1030. The highest BCUT2D eigenvalue weighted by molar-refractivity contribution is 6.05. The summed E-state index contributed by atoms with van der Waals surface area (Å²) in [4.78, 5) is 29.4. The van der Waals surface area contributed by atoms with E-state index in [1.165, 1.54) is 0 Å². The fraction of sp³-hybridized carbons (Fsp3) is 0.0870. The van der Waals surface area contributed by atoms with Gasteiger partial charge in [-0.05, 0) is 47.5 Å². The smallest absolute Gasteiger partial charge is 0.268 e. The molecule has 0 saturated carbocycles. The van der Waals surface area contributed by atoms with Crippen LogP contribution in [0.15, 0.2) is 78.6 Å². The molecule has 4 N–H and O–H groups in total. The number of carbonyl (C=O) groups is 2. The van der Waals surface area contributed by atoms with Crippen molar-refractivity contribution in [2.75, 3.05) is 12.8 Å². The first-order valence-electron chi connectivity index (χ1n) is 9.26. The fourth-order valence-electron chi connectivity index (χ4n) is 2.63. The number of carbonyl (C=O) groups excluding carboxylic acids is 2. The zero-order valence-electron chi connectivity index (χ0n) is 16.5. The molecule has 7 nitrogen and oxygen atoms in total. The number of nitrogens with zero attached hydrogens (tertiary/aromatic N) is 1. The summed E-state index contributed by atoms with van der Waals surface area (Å²) in [6.45, 7) is 0.243. The van der Waals surface area contributed by atoms with Crippen LogP contribution in [0.3, 0.4) is 0 Å². The van der Waals surface area contributed by atoms with Gasteiger partial charge in [0, 0.05) is 18.3 Å². The molecule has 3 aromatic rings. The second kappa shape index (κ2) is 9.88. The number of ether oxygens (including phenoxy) is 1. The van der Waals surface area contributed by atoms with Crippen molar-refractivity contribution >= 4 is 23.7 Å². The van der Waals surface area contributed by atoms with Crippen molar-refractivity contribution in [3.8, 4) is 5.75 Å². The molecule has 7 heteroatoms. The van der Waals surface area contributed by atoms with Crippen molar-refractivity contribution in [1.82, 2.24) is 15.6 Å². The predicted octanol–water partition coefficient (Wildman–Crippen LogP) is 2.76. The van der Waals surface area contributed by atoms with Crippen molar-refractivity contribution in [3.05, 3.63) is 95.3 Å². The van der Waals surface area contributed by atoms with Crippen LogP contribution in [-0.2, 0) is 11.3 Å². The standard InChI is InChI=1S/C23H22N4O3/c1-30-19-10-7-16(8-11-19)13-20(27-22(28)18-5-3-2-4-6-18)23(29)26-15-17-9-12-21(24)25-14-17/h2-14H,15H2,1H3,(H2,24,25)(H,26,29)(H,27,28)/b20-13-. The molecule has 0 fully saturated rings. The minimum absolute atomic E-state index is 0.123. The average Bonchev–Trinajstić information content (AvgIpc) is 2.79. The molecule has 2 aromatic carbocycles. The lowest BCUT2D eigenvalue weighted by molar-refractivity contribution is -0.117. The van der Waals surface area contributed by atoms with E-state index in [9.17, 15) is 9.59 Å². The van der Waals surface area contributed by atoms with Crippen LogP contribution in [-0.4, -0.2) is 23.9 Å². The number of hydrogen-bond donors (Lipinski definition) is 3. The first kappa shape index (κ1) is 20.6. The van der Waals surface area contributed by atoms with E-state index in [0.29, 0.717) is 17.1 Å². The molecule has 0 saturated heterocycles. The van der Waals surface area contributed by atoms with E-state index in [2.05, 4.69) is 15.6 Å². The number of anilines is 1. The summed E-state index contributed by atoms with van der Waals surface area (Å²) in [7, 11) is 1.58. The van der Waals surface area contributed by atoms with Gasteiger partial charge in [0.25, 0.3) is 11.8 Å². The SMILES string of the molecule is COc1ccc(/C=C(\NC(=O)c2ccccc2)C(=O)NCc2ccc(N)nc2)cc1. The summed E-state index contributed by atoms with van der Waals surface area (Å²) in [5.41, 5.74) is 7.69. The minimum atomic E-state index is -0.424. The van der Waals surface area contributed by atoms with Gasteiger partial charge in [-0.2, -0.15) is 0 Å².